The highest BCUT2D eigenvalue weighted by Crippen LogP contribution is 2.28. The van der Waals surface area contributed by atoms with Gasteiger partial charge >= 0.3 is 5.97 Å². The Kier molecular flexibility index (Phi) is 6.90. The molecule has 0 aliphatic rings. The number of rotatable bonds is 9. The van der Waals surface area contributed by atoms with Crippen molar-refractivity contribution in [3.8, 4) is 17.2 Å². The predicted octanol–water partition coefficient (Wildman–Crippen LogP) is 6.20. The van der Waals surface area contributed by atoms with E-state index in [0.717, 1.165) is 28.4 Å². The smallest absolute Gasteiger partial charge is 0.303 e. The van der Waals surface area contributed by atoms with Crippen LogP contribution in [0.3, 0.4) is 0 Å². The summed E-state index contributed by atoms with van der Waals surface area (Å²) in [6.07, 6.45) is 0.644. The number of hydrogen-bond acceptors (Lipinski definition) is 3. The van der Waals surface area contributed by atoms with E-state index >= 15 is 0 Å². The molecule has 4 heteroatoms. The summed E-state index contributed by atoms with van der Waals surface area (Å²) in [7, 11) is 0. The fraction of sp³-hybridized carbons (Fsp3) is 0.240. The highest BCUT2D eigenvalue weighted by Gasteiger charge is 2.07. The Hall–Kier alpha value is -3.27. The molecule has 0 saturated heterocycles. The minimum atomic E-state index is -0.791. The number of hydrogen-bond donors (Lipinski definition) is 1. The second-order valence-electron chi connectivity index (χ2n) is 7.26. The van der Waals surface area contributed by atoms with Crippen molar-refractivity contribution in [3.05, 3.63) is 89.5 Å². The molecule has 3 aromatic rings. The van der Waals surface area contributed by atoms with E-state index in [0.29, 0.717) is 18.9 Å². The van der Waals surface area contributed by atoms with Gasteiger partial charge in [0.15, 0.2) is 0 Å². The van der Waals surface area contributed by atoms with Crippen molar-refractivity contribution in [2.45, 2.75) is 39.2 Å². The second-order valence-corrected chi connectivity index (χ2v) is 7.26. The summed E-state index contributed by atoms with van der Waals surface area (Å²) in [5.74, 6) is 1.99. The molecular formula is C25H26O4. The minimum absolute atomic E-state index is 0.128. The van der Waals surface area contributed by atoms with Gasteiger partial charge in [-0.2, -0.15) is 0 Å². The first kappa shape index (κ1) is 20.5. The van der Waals surface area contributed by atoms with E-state index in [4.69, 9.17) is 14.6 Å². The molecule has 0 amide bonds. The van der Waals surface area contributed by atoms with E-state index < -0.39 is 5.97 Å². The lowest BCUT2D eigenvalue weighted by atomic mass is 10.0. The van der Waals surface area contributed by atoms with Crippen LogP contribution in [0.5, 0.6) is 17.2 Å². The SMILES string of the molecule is CC(C)c1ccc(Oc2ccccc2COc2ccc(CCC(=O)O)cc2)cc1. The van der Waals surface area contributed by atoms with Crippen LogP contribution in [0.25, 0.3) is 0 Å². The standard InChI is InChI=1S/C25H26O4/c1-18(2)20-10-14-23(15-11-20)29-24-6-4-3-5-21(24)17-28-22-12-7-19(8-13-22)9-16-25(26)27/h3-8,10-15,18H,9,16-17H2,1-2H3,(H,26,27). The zero-order valence-corrected chi connectivity index (χ0v) is 16.8. The van der Waals surface area contributed by atoms with Crippen molar-refractivity contribution in [2.75, 3.05) is 0 Å². The van der Waals surface area contributed by atoms with Gasteiger partial charge in [-0.1, -0.05) is 56.3 Å². The van der Waals surface area contributed by atoms with Crippen molar-refractivity contribution in [2.24, 2.45) is 0 Å². The Balaban J connectivity index is 1.62. The number of benzene rings is 3. The Bertz CT molecular complexity index is 928. The normalized spacial score (nSPS) is 10.7. The zero-order valence-electron chi connectivity index (χ0n) is 16.8. The van der Waals surface area contributed by atoms with Crippen molar-refractivity contribution < 1.29 is 19.4 Å². The maximum absolute atomic E-state index is 10.7. The third kappa shape index (κ3) is 6.11. The first-order valence-corrected chi connectivity index (χ1v) is 9.80. The van der Waals surface area contributed by atoms with Gasteiger partial charge < -0.3 is 14.6 Å². The molecule has 0 heterocycles. The molecule has 0 spiro atoms. The molecule has 0 bridgehead atoms. The lowest BCUT2D eigenvalue weighted by molar-refractivity contribution is -0.136. The lowest BCUT2D eigenvalue weighted by Gasteiger charge is -2.13. The molecule has 0 atom stereocenters. The third-order valence-corrected chi connectivity index (χ3v) is 4.69. The Labute approximate surface area is 171 Å². The van der Waals surface area contributed by atoms with Gasteiger partial charge in [0.2, 0.25) is 0 Å². The van der Waals surface area contributed by atoms with E-state index in [1.807, 2.05) is 60.7 Å². The van der Waals surface area contributed by atoms with Gasteiger partial charge in [0, 0.05) is 12.0 Å². The number of aliphatic carboxylic acids is 1. The maximum atomic E-state index is 10.7. The van der Waals surface area contributed by atoms with Gasteiger partial charge in [-0.05, 0) is 53.8 Å². The molecule has 0 unspecified atom stereocenters. The molecular weight excluding hydrogens is 364 g/mol. The summed E-state index contributed by atoms with van der Waals surface area (Å²) >= 11 is 0. The molecule has 1 N–H and O–H groups in total. The van der Waals surface area contributed by atoms with Crippen LogP contribution in [0.4, 0.5) is 0 Å². The van der Waals surface area contributed by atoms with Gasteiger partial charge in [0.1, 0.15) is 23.9 Å². The number of aryl methyl sites for hydroxylation is 1. The van der Waals surface area contributed by atoms with Gasteiger partial charge in [-0.25, -0.2) is 0 Å². The molecule has 150 valence electrons. The molecule has 3 aromatic carbocycles. The predicted molar refractivity (Wildman–Crippen MR) is 114 cm³/mol. The Morgan fingerprint density at radius 2 is 1.55 bits per heavy atom. The quantitative estimate of drug-likeness (QED) is 0.473. The van der Waals surface area contributed by atoms with Gasteiger partial charge in [-0.15, -0.1) is 0 Å². The van der Waals surface area contributed by atoms with Crippen LogP contribution in [0.1, 0.15) is 42.9 Å². The molecule has 29 heavy (non-hydrogen) atoms. The first-order valence-electron chi connectivity index (χ1n) is 9.80. The van der Waals surface area contributed by atoms with Crippen molar-refractivity contribution in [1.82, 2.24) is 0 Å². The van der Waals surface area contributed by atoms with Gasteiger partial charge in [0.05, 0.1) is 0 Å². The Morgan fingerprint density at radius 1 is 0.897 bits per heavy atom. The van der Waals surface area contributed by atoms with Gasteiger partial charge in [0.25, 0.3) is 0 Å². The number of carboxylic acid groups (broad SMARTS) is 1. The molecule has 0 fully saturated rings. The Morgan fingerprint density at radius 3 is 2.21 bits per heavy atom. The third-order valence-electron chi connectivity index (χ3n) is 4.69. The van der Waals surface area contributed by atoms with Crippen LogP contribution < -0.4 is 9.47 Å². The van der Waals surface area contributed by atoms with Crippen molar-refractivity contribution in [3.63, 3.8) is 0 Å². The molecule has 0 aliphatic carbocycles. The summed E-state index contributed by atoms with van der Waals surface area (Å²) < 4.78 is 12.0. The first-order chi connectivity index (χ1) is 14.0. The minimum Gasteiger partial charge on any atom is -0.489 e. The highest BCUT2D eigenvalue weighted by molar-refractivity contribution is 5.67. The van der Waals surface area contributed by atoms with E-state index in [-0.39, 0.29) is 6.42 Å². The highest BCUT2D eigenvalue weighted by atomic mass is 16.5. The summed E-state index contributed by atoms with van der Waals surface area (Å²) in [5.41, 5.74) is 3.21. The molecule has 0 radical (unpaired) electrons. The second kappa shape index (κ2) is 9.78. The summed E-state index contributed by atoms with van der Waals surface area (Å²) in [6, 6.07) is 23.5. The average Bonchev–Trinajstić information content (AvgIpc) is 2.73. The number of para-hydroxylation sites is 1. The van der Waals surface area contributed by atoms with E-state index in [1.54, 1.807) is 0 Å². The summed E-state index contributed by atoms with van der Waals surface area (Å²) in [6.45, 7) is 4.72. The number of carbonyl (C=O) groups is 1. The van der Waals surface area contributed by atoms with Crippen LogP contribution in [0.2, 0.25) is 0 Å². The van der Waals surface area contributed by atoms with Crippen molar-refractivity contribution >= 4 is 5.97 Å². The summed E-state index contributed by atoms with van der Waals surface area (Å²) in [4.78, 5) is 10.7. The molecule has 4 nitrogen and oxygen atoms in total. The fourth-order valence-electron chi connectivity index (χ4n) is 2.94. The zero-order chi connectivity index (χ0) is 20.6. The van der Waals surface area contributed by atoms with Gasteiger partial charge in [-0.3, -0.25) is 4.79 Å². The van der Waals surface area contributed by atoms with Crippen LogP contribution in [-0.2, 0) is 17.8 Å². The summed E-state index contributed by atoms with van der Waals surface area (Å²) in [5, 5.41) is 8.77. The monoisotopic (exact) mass is 390 g/mol. The topological polar surface area (TPSA) is 55.8 Å². The number of carboxylic acids is 1. The van der Waals surface area contributed by atoms with Crippen LogP contribution in [-0.4, -0.2) is 11.1 Å². The molecule has 0 aromatic heterocycles. The number of ether oxygens (including phenoxy) is 2. The molecule has 0 saturated carbocycles. The average molecular weight is 390 g/mol. The van der Waals surface area contributed by atoms with Crippen LogP contribution >= 0.6 is 0 Å². The van der Waals surface area contributed by atoms with E-state index in [9.17, 15) is 4.79 Å². The largest absolute Gasteiger partial charge is 0.489 e. The molecule has 3 rings (SSSR count). The lowest BCUT2D eigenvalue weighted by Crippen LogP contribution is -1.99. The van der Waals surface area contributed by atoms with Crippen LogP contribution in [0.15, 0.2) is 72.8 Å². The van der Waals surface area contributed by atoms with E-state index in [1.165, 1.54) is 5.56 Å². The molecule has 0 aliphatic heterocycles. The van der Waals surface area contributed by atoms with Crippen LogP contribution in [0, 0.1) is 0 Å². The maximum Gasteiger partial charge on any atom is 0.303 e. The van der Waals surface area contributed by atoms with E-state index in [2.05, 4.69) is 26.0 Å². The fourth-order valence-corrected chi connectivity index (χ4v) is 2.94. The van der Waals surface area contributed by atoms with Crippen molar-refractivity contribution in [1.29, 1.82) is 0 Å².